The molecule has 0 bridgehead atoms. The molecule has 112 valence electrons. The van der Waals surface area contributed by atoms with Crippen molar-refractivity contribution in [3.05, 3.63) is 35.4 Å². The van der Waals surface area contributed by atoms with Gasteiger partial charge in [-0.05, 0) is 12.1 Å². The van der Waals surface area contributed by atoms with Crippen LogP contribution in [0.15, 0.2) is 18.2 Å². The van der Waals surface area contributed by atoms with Gasteiger partial charge in [-0.15, -0.1) is 0 Å². The molecule has 0 aromatic heterocycles. The number of nitrogens with zero attached hydrogens (tertiary/aromatic N) is 1. The predicted octanol–water partition coefficient (Wildman–Crippen LogP) is 1.98. The summed E-state index contributed by atoms with van der Waals surface area (Å²) >= 11 is 0. The molecule has 0 aliphatic rings. The van der Waals surface area contributed by atoms with E-state index in [4.69, 9.17) is 4.74 Å². The van der Waals surface area contributed by atoms with Crippen molar-refractivity contribution in [3.8, 4) is 0 Å². The van der Waals surface area contributed by atoms with Gasteiger partial charge in [0.15, 0.2) is 0 Å². The van der Waals surface area contributed by atoms with Crippen LogP contribution < -0.4 is 0 Å². The third-order valence-electron chi connectivity index (χ3n) is 2.91. The van der Waals surface area contributed by atoms with Crippen LogP contribution in [-0.2, 0) is 20.8 Å². The van der Waals surface area contributed by atoms with Gasteiger partial charge in [-0.1, -0.05) is 6.07 Å². The largest absolute Gasteiger partial charge is 0.469 e. The van der Waals surface area contributed by atoms with Gasteiger partial charge in [-0.3, -0.25) is 9.69 Å². The number of carbonyl (C=O) groups excluding carboxylic acids is 1. The molecule has 20 heavy (non-hydrogen) atoms. The van der Waals surface area contributed by atoms with E-state index >= 15 is 0 Å². The molecule has 0 unspecified atom stereocenters. The highest BCUT2D eigenvalue weighted by Gasteiger charge is 2.14. The Bertz CT molecular complexity index is 420. The first-order valence-electron chi connectivity index (χ1n) is 6.29. The zero-order valence-electron chi connectivity index (χ0n) is 11.7. The van der Waals surface area contributed by atoms with Crippen LogP contribution in [0.25, 0.3) is 0 Å². The van der Waals surface area contributed by atoms with Crippen LogP contribution in [0.4, 0.5) is 8.78 Å². The first-order chi connectivity index (χ1) is 9.58. The molecule has 0 radical (unpaired) electrons. The van der Waals surface area contributed by atoms with Gasteiger partial charge in [0.05, 0.1) is 20.1 Å². The van der Waals surface area contributed by atoms with Gasteiger partial charge >= 0.3 is 5.97 Å². The number of ether oxygens (including phenoxy) is 2. The first kappa shape index (κ1) is 16.5. The summed E-state index contributed by atoms with van der Waals surface area (Å²) in [5.74, 6) is -1.54. The minimum atomic E-state index is -0.592. The fourth-order valence-electron chi connectivity index (χ4n) is 1.75. The average Bonchev–Trinajstić information content (AvgIpc) is 2.44. The minimum absolute atomic E-state index is 0.00605. The van der Waals surface area contributed by atoms with Gasteiger partial charge in [-0.2, -0.15) is 0 Å². The standard InChI is InChI=1S/C14H19F2NO3/c1-19-9-8-17(7-6-14(18)20-2)10-11-12(15)4-3-5-13(11)16/h3-5H,6-10H2,1-2H3. The molecule has 1 aromatic carbocycles. The average molecular weight is 287 g/mol. The molecule has 0 saturated heterocycles. The number of methoxy groups -OCH3 is 2. The molecule has 4 nitrogen and oxygen atoms in total. The third-order valence-corrected chi connectivity index (χ3v) is 2.91. The van der Waals surface area contributed by atoms with Crippen LogP contribution in [0.3, 0.4) is 0 Å². The van der Waals surface area contributed by atoms with E-state index in [0.29, 0.717) is 19.7 Å². The minimum Gasteiger partial charge on any atom is -0.469 e. The van der Waals surface area contributed by atoms with E-state index in [0.717, 1.165) is 0 Å². The van der Waals surface area contributed by atoms with Crippen molar-refractivity contribution < 1.29 is 23.0 Å². The molecule has 0 heterocycles. The van der Waals surface area contributed by atoms with E-state index in [1.165, 1.54) is 25.3 Å². The lowest BCUT2D eigenvalue weighted by Gasteiger charge is -2.22. The van der Waals surface area contributed by atoms with Crippen LogP contribution in [0, 0.1) is 11.6 Å². The maximum absolute atomic E-state index is 13.6. The second kappa shape index (κ2) is 8.60. The fraction of sp³-hybridized carbons (Fsp3) is 0.500. The monoisotopic (exact) mass is 287 g/mol. The molecule has 0 saturated carbocycles. The molecule has 0 atom stereocenters. The summed E-state index contributed by atoms with van der Waals surface area (Å²) in [6.07, 6.45) is 0.163. The lowest BCUT2D eigenvalue weighted by Crippen LogP contribution is -2.30. The zero-order chi connectivity index (χ0) is 15.0. The lowest BCUT2D eigenvalue weighted by atomic mass is 10.2. The van der Waals surface area contributed by atoms with Crippen LogP contribution in [0.1, 0.15) is 12.0 Å². The van der Waals surface area contributed by atoms with Crippen molar-refractivity contribution in [1.29, 1.82) is 0 Å². The summed E-state index contributed by atoms with van der Waals surface area (Å²) < 4.78 is 36.7. The Hall–Kier alpha value is -1.53. The summed E-state index contributed by atoms with van der Waals surface area (Å²) in [4.78, 5) is 12.9. The number of benzene rings is 1. The van der Waals surface area contributed by atoms with Gasteiger partial charge in [0, 0.05) is 32.3 Å². The maximum atomic E-state index is 13.6. The Morgan fingerprint density at radius 3 is 2.40 bits per heavy atom. The molecule has 6 heteroatoms. The van der Waals surface area contributed by atoms with E-state index in [-0.39, 0.29) is 24.5 Å². The van der Waals surface area contributed by atoms with E-state index in [1.54, 1.807) is 12.0 Å². The number of hydrogen-bond acceptors (Lipinski definition) is 4. The highest BCUT2D eigenvalue weighted by Crippen LogP contribution is 2.14. The Morgan fingerprint density at radius 1 is 1.20 bits per heavy atom. The molecular weight excluding hydrogens is 268 g/mol. The topological polar surface area (TPSA) is 38.8 Å². The van der Waals surface area contributed by atoms with Gasteiger partial charge in [-0.25, -0.2) is 8.78 Å². The number of rotatable bonds is 8. The van der Waals surface area contributed by atoms with Crippen molar-refractivity contribution in [3.63, 3.8) is 0 Å². The molecule has 0 aliphatic carbocycles. The summed E-state index contributed by atoms with van der Waals surface area (Å²) in [5.41, 5.74) is -0.00605. The van der Waals surface area contributed by atoms with E-state index in [2.05, 4.69) is 4.74 Å². The second-order valence-corrected chi connectivity index (χ2v) is 4.30. The Kier molecular flexibility index (Phi) is 7.11. The number of hydrogen-bond donors (Lipinski definition) is 0. The van der Waals surface area contributed by atoms with E-state index in [1.807, 2.05) is 0 Å². The molecule has 0 spiro atoms. The van der Waals surface area contributed by atoms with Crippen molar-refractivity contribution in [2.75, 3.05) is 33.9 Å². The van der Waals surface area contributed by atoms with E-state index < -0.39 is 11.6 Å². The smallest absolute Gasteiger partial charge is 0.306 e. The Morgan fingerprint density at radius 2 is 1.85 bits per heavy atom. The molecular formula is C14H19F2NO3. The fourth-order valence-corrected chi connectivity index (χ4v) is 1.75. The SMILES string of the molecule is COCCN(CCC(=O)OC)Cc1c(F)cccc1F. The van der Waals surface area contributed by atoms with Crippen molar-refractivity contribution in [2.45, 2.75) is 13.0 Å². The van der Waals surface area contributed by atoms with Crippen LogP contribution in [0.2, 0.25) is 0 Å². The van der Waals surface area contributed by atoms with Crippen LogP contribution in [-0.4, -0.2) is 44.8 Å². The maximum Gasteiger partial charge on any atom is 0.306 e. The summed E-state index contributed by atoms with van der Waals surface area (Å²) in [6.45, 7) is 1.32. The number of esters is 1. The quantitative estimate of drug-likeness (QED) is 0.685. The highest BCUT2D eigenvalue weighted by molar-refractivity contribution is 5.69. The molecule has 0 fully saturated rings. The molecule has 0 aliphatic heterocycles. The first-order valence-corrected chi connectivity index (χ1v) is 6.29. The lowest BCUT2D eigenvalue weighted by molar-refractivity contribution is -0.141. The number of halogens is 2. The normalized spacial score (nSPS) is 10.8. The predicted molar refractivity (Wildman–Crippen MR) is 70.1 cm³/mol. The summed E-state index contributed by atoms with van der Waals surface area (Å²) in [7, 11) is 2.85. The molecule has 1 aromatic rings. The molecule has 0 N–H and O–H groups in total. The second-order valence-electron chi connectivity index (χ2n) is 4.30. The van der Waals surface area contributed by atoms with Gasteiger partial charge in [0.1, 0.15) is 11.6 Å². The Balaban J connectivity index is 2.70. The van der Waals surface area contributed by atoms with Crippen LogP contribution >= 0.6 is 0 Å². The van der Waals surface area contributed by atoms with Crippen molar-refractivity contribution >= 4 is 5.97 Å². The van der Waals surface area contributed by atoms with Gasteiger partial charge in [0.25, 0.3) is 0 Å². The molecule has 1 rings (SSSR count). The highest BCUT2D eigenvalue weighted by atomic mass is 19.1. The summed E-state index contributed by atoms with van der Waals surface area (Å²) in [6, 6.07) is 3.75. The van der Waals surface area contributed by atoms with Crippen molar-refractivity contribution in [2.24, 2.45) is 0 Å². The third kappa shape index (κ3) is 5.22. The van der Waals surface area contributed by atoms with Crippen molar-refractivity contribution in [1.82, 2.24) is 4.90 Å². The van der Waals surface area contributed by atoms with Crippen LogP contribution in [0.5, 0.6) is 0 Å². The van der Waals surface area contributed by atoms with E-state index in [9.17, 15) is 13.6 Å². The molecule has 0 amide bonds. The van der Waals surface area contributed by atoms with Gasteiger partial charge < -0.3 is 9.47 Å². The van der Waals surface area contributed by atoms with Gasteiger partial charge in [0.2, 0.25) is 0 Å². The summed E-state index contributed by atoms with van der Waals surface area (Å²) in [5, 5.41) is 0. The zero-order valence-corrected chi connectivity index (χ0v) is 11.7. The number of carbonyl (C=O) groups is 1. The Labute approximate surface area is 117 Å².